The molecule has 0 unspecified atom stereocenters. The molecule has 1 aromatic rings. The number of rotatable bonds is 3. The van der Waals surface area contributed by atoms with Gasteiger partial charge in [-0.3, -0.25) is 4.79 Å². The molecule has 1 heterocycles. The third-order valence-corrected chi connectivity index (χ3v) is 3.20. The van der Waals surface area contributed by atoms with Crippen LogP contribution in [0.3, 0.4) is 0 Å². The number of benzene rings is 1. The highest BCUT2D eigenvalue weighted by Gasteiger charge is 2.28. The highest BCUT2D eigenvalue weighted by molar-refractivity contribution is 5.95. The number of halogens is 1. The lowest BCUT2D eigenvalue weighted by Gasteiger charge is -2.29. The van der Waals surface area contributed by atoms with Gasteiger partial charge < -0.3 is 15.4 Å². The molecule has 2 rings (SSSR count). The lowest BCUT2D eigenvalue weighted by Crippen LogP contribution is -2.53. The summed E-state index contributed by atoms with van der Waals surface area (Å²) >= 11 is 0. The number of aryl methyl sites for hydroxylation is 1. The summed E-state index contributed by atoms with van der Waals surface area (Å²) in [6, 6.07) is 7.66. The van der Waals surface area contributed by atoms with Gasteiger partial charge in [-0.15, -0.1) is 12.4 Å². The van der Waals surface area contributed by atoms with Gasteiger partial charge in [0.25, 0.3) is 0 Å². The van der Waals surface area contributed by atoms with Crippen molar-refractivity contribution in [3.05, 3.63) is 29.8 Å². The molecule has 0 spiro atoms. The summed E-state index contributed by atoms with van der Waals surface area (Å²) < 4.78 is 5.47. The van der Waals surface area contributed by atoms with Gasteiger partial charge in [0, 0.05) is 12.2 Å². The molecule has 5 heteroatoms. The Labute approximate surface area is 120 Å². The van der Waals surface area contributed by atoms with Crippen LogP contribution in [0.15, 0.2) is 24.3 Å². The van der Waals surface area contributed by atoms with Crippen molar-refractivity contribution in [2.75, 3.05) is 18.5 Å². The van der Waals surface area contributed by atoms with Crippen LogP contribution in [-0.4, -0.2) is 31.2 Å². The van der Waals surface area contributed by atoms with E-state index in [9.17, 15) is 4.79 Å². The SMILES string of the molecule is CCc1cccc(NC(=O)[C@H]2NCCO[C@@H]2C)c1.Cl. The van der Waals surface area contributed by atoms with Gasteiger partial charge in [-0.05, 0) is 31.0 Å². The zero-order valence-corrected chi connectivity index (χ0v) is 12.1. The van der Waals surface area contributed by atoms with Gasteiger partial charge >= 0.3 is 0 Å². The number of morpholine rings is 1. The van der Waals surface area contributed by atoms with E-state index in [4.69, 9.17) is 4.74 Å². The Morgan fingerprint density at radius 1 is 1.53 bits per heavy atom. The van der Waals surface area contributed by atoms with Crippen LogP contribution < -0.4 is 10.6 Å². The molecular formula is C14H21ClN2O2. The number of ether oxygens (including phenoxy) is 1. The van der Waals surface area contributed by atoms with Crippen LogP contribution in [0, 0.1) is 0 Å². The van der Waals surface area contributed by atoms with Gasteiger partial charge in [-0.1, -0.05) is 19.1 Å². The number of hydrogen-bond donors (Lipinski definition) is 2. The van der Waals surface area contributed by atoms with Crippen molar-refractivity contribution in [1.29, 1.82) is 0 Å². The number of hydrogen-bond acceptors (Lipinski definition) is 3. The molecule has 0 bridgehead atoms. The molecule has 2 atom stereocenters. The van der Waals surface area contributed by atoms with E-state index in [1.807, 2.05) is 25.1 Å². The smallest absolute Gasteiger partial charge is 0.244 e. The molecule has 4 nitrogen and oxygen atoms in total. The summed E-state index contributed by atoms with van der Waals surface area (Å²) in [5, 5.41) is 6.12. The van der Waals surface area contributed by atoms with Gasteiger partial charge in [0.1, 0.15) is 6.04 Å². The van der Waals surface area contributed by atoms with Gasteiger partial charge in [-0.25, -0.2) is 0 Å². The van der Waals surface area contributed by atoms with E-state index in [2.05, 4.69) is 23.6 Å². The predicted octanol–water partition coefficient (Wildman–Crippen LogP) is 1.99. The van der Waals surface area contributed by atoms with Crippen molar-refractivity contribution < 1.29 is 9.53 Å². The molecule has 1 aliphatic rings. The molecule has 19 heavy (non-hydrogen) atoms. The summed E-state index contributed by atoms with van der Waals surface area (Å²) in [6.07, 6.45) is 0.873. The number of nitrogens with one attached hydrogen (secondary N) is 2. The maximum absolute atomic E-state index is 12.1. The number of anilines is 1. The molecule has 1 fully saturated rings. The number of amides is 1. The topological polar surface area (TPSA) is 50.4 Å². The first-order chi connectivity index (χ1) is 8.70. The van der Waals surface area contributed by atoms with Crippen molar-refractivity contribution >= 4 is 24.0 Å². The third kappa shape index (κ3) is 4.20. The lowest BCUT2D eigenvalue weighted by molar-refractivity contribution is -0.123. The van der Waals surface area contributed by atoms with E-state index in [0.717, 1.165) is 18.7 Å². The van der Waals surface area contributed by atoms with Crippen LogP contribution in [0.1, 0.15) is 19.4 Å². The van der Waals surface area contributed by atoms with E-state index < -0.39 is 0 Å². The Morgan fingerprint density at radius 3 is 3.00 bits per heavy atom. The standard InChI is InChI=1S/C14H20N2O2.ClH/c1-3-11-5-4-6-12(9-11)16-14(17)13-10(2)18-8-7-15-13;/h4-6,9-10,13,15H,3,7-8H2,1-2H3,(H,16,17);1H/t10-,13+;/m1./s1. The molecule has 0 aliphatic carbocycles. The molecule has 2 N–H and O–H groups in total. The minimum atomic E-state index is -0.274. The minimum Gasteiger partial charge on any atom is -0.375 e. The summed E-state index contributed by atoms with van der Waals surface area (Å²) in [7, 11) is 0. The Bertz CT molecular complexity index is 426. The van der Waals surface area contributed by atoms with Crippen molar-refractivity contribution in [2.45, 2.75) is 32.4 Å². The second kappa shape index (κ2) is 7.48. The Morgan fingerprint density at radius 2 is 2.32 bits per heavy atom. The number of carbonyl (C=O) groups is 1. The highest BCUT2D eigenvalue weighted by atomic mass is 35.5. The first-order valence-corrected chi connectivity index (χ1v) is 6.45. The fourth-order valence-electron chi connectivity index (χ4n) is 2.12. The monoisotopic (exact) mass is 284 g/mol. The van der Waals surface area contributed by atoms with Crippen LogP contribution >= 0.6 is 12.4 Å². The van der Waals surface area contributed by atoms with Crippen molar-refractivity contribution in [1.82, 2.24) is 5.32 Å². The molecule has 1 aromatic carbocycles. The minimum absolute atomic E-state index is 0. The van der Waals surface area contributed by atoms with Gasteiger partial charge in [0.05, 0.1) is 12.7 Å². The van der Waals surface area contributed by atoms with Crippen LogP contribution in [0.4, 0.5) is 5.69 Å². The van der Waals surface area contributed by atoms with Crippen LogP contribution in [0.2, 0.25) is 0 Å². The molecule has 0 saturated carbocycles. The van der Waals surface area contributed by atoms with E-state index in [0.29, 0.717) is 6.61 Å². The highest BCUT2D eigenvalue weighted by Crippen LogP contribution is 2.13. The largest absolute Gasteiger partial charge is 0.375 e. The quantitative estimate of drug-likeness (QED) is 0.892. The van der Waals surface area contributed by atoms with Crippen LogP contribution in [0.25, 0.3) is 0 Å². The molecular weight excluding hydrogens is 264 g/mol. The van der Waals surface area contributed by atoms with E-state index in [-0.39, 0.29) is 30.5 Å². The van der Waals surface area contributed by atoms with Gasteiger partial charge in [0.2, 0.25) is 5.91 Å². The zero-order chi connectivity index (χ0) is 13.0. The van der Waals surface area contributed by atoms with Crippen LogP contribution in [-0.2, 0) is 16.0 Å². The molecule has 1 amide bonds. The van der Waals surface area contributed by atoms with Crippen LogP contribution in [0.5, 0.6) is 0 Å². The van der Waals surface area contributed by atoms with Crippen molar-refractivity contribution in [3.63, 3.8) is 0 Å². The second-order valence-corrected chi connectivity index (χ2v) is 4.55. The van der Waals surface area contributed by atoms with E-state index >= 15 is 0 Å². The number of carbonyl (C=O) groups excluding carboxylic acids is 1. The molecule has 1 aliphatic heterocycles. The average Bonchev–Trinajstić information content (AvgIpc) is 2.39. The summed E-state index contributed by atoms with van der Waals surface area (Å²) in [5.74, 6) is -0.0320. The predicted molar refractivity (Wildman–Crippen MR) is 78.9 cm³/mol. The Balaban J connectivity index is 0.00000180. The molecule has 106 valence electrons. The summed E-state index contributed by atoms with van der Waals surface area (Å²) in [6.45, 7) is 5.39. The van der Waals surface area contributed by atoms with Gasteiger partial charge in [-0.2, -0.15) is 0 Å². The molecule has 0 aromatic heterocycles. The lowest BCUT2D eigenvalue weighted by atomic mass is 10.1. The van der Waals surface area contributed by atoms with Crippen molar-refractivity contribution in [2.24, 2.45) is 0 Å². The second-order valence-electron chi connectivity index (χ2n) is 4.55. The maximum atomic E-state index is 12.1. The first kappa shape index (κ1) is 16.0. The first-order valence-electron chi connectivity index (χ1n) is 6.45. The fraction of sp³-hybridized carbons (Fsp3) is 0.500. The summed E-state index contributed by atoms with van der Waals surface area (Å²) in [5.41, 5.74) is 2.06. The fourth-order valence-corrected chi connectivity index (χ4v) is 2.12. The van der Waals surface area contributed by atoms with E-state index in [1.165, 1.54) is 5.56 Å². The maximum Gasteiger partial charge on any atom is 0.244 e. The molecule has 1 saturated heterocycles. The van der Waals surface area contributed by atoms with Crippen molar-refractivity contribution in [3.8, 4) is 0 Å². The summed E-state index contributed by atoms with van der Waals surface area (Å²) in [4.78, 5) is 12.1. The third-order valence-electron chi connectivity index (χ3n) is 3.20. The zero-order valence-electron chi connectivity index (χ0n) is 11.3. The Kier molecular flexibility index (Phi) is 6.28. The normalized spacial score (nSPS) is 22.4. The molecule has 0 radical (unpaired) electrons. The van der Waals surface area contributed by atoms with Gasteiger partial charge in [0.15, 0.2) is 0 Å². The Hall–Kier alpha value is -1.10. The average molecular weight is 285 g/mol. The van der Waals surface area contributed by atoms with E-state index in [1.54, 1.807) is 0 Å².